The van der Waals surface area contributed by atoms with Crippen LogP contribution in [0.1, 0.15) is 5.56 Å². The highest BCUT2D eigenvalue weighted by atomic mass is 16.3. The van der Waals surface area contributed by atoms with E-state index in [0.29, 0.717) is 12.3 Å². The number of hydrogen-bond acceptors (Lipinski definition) is 3. The van der Waals surface area contributed by atoms with Crippen LogP contribution in [0.5, 0.6) is 5.75 Å². The highest BCUT2D eigenvalue weighted by Gasteiger charge is 1.98. The fourth-order valence-electron chi connectivity index (χ4n) is 1.27. The maximum absolute atomic E-state index is 9.07. The van der Waals surface area contributed by atoms with Crippen molar-refractivity contribution in [2.75, 3.05) is 26.7 Å². The van der Waals surface area contributed by atoms with Crippen molar-refractivity contribution < 1.29 is 10.2 Å². The predicted molar refractivity (Wildman–Crippen MR) is 56.4 cm³/mol. The lowest BCUT2D eigenvalue weighted by Crippen LogP contribution is -2.24. The van der Waals surface area contributed by atoms with Gasteiger partial charge in [-0.1, -0.05) is 12.1 Å². The van der Waals surface area contributed by atoms with Crippen LogP contribution in [0.4, 0.5) is 0 Å². The zero-order valence-corrected chi connectivity index (χ0v) is 8.48. The molecule has 0 aromatic heterocycles. The third-order valence-electron chi connectivity index (χ3n) is 2.20. The molecule has 1 rings (SSSR count). The highest BCUT2D eigenvalue weighted by Crippen LogP contribution is 2.10. The van der Waals surface area contributed by atoms with Gasteiger partial charge in [0.05, 0.1) is 6.61 Å². The molecule has 0 amide bonds. The Morgan fingerprint density at radius 2 is 1.79 bits per heavy atom. The summed E-state index contributed by atoms with van der Waals surface area (Å²) in [7, 11) is 1.98. The Balaban J connectivity index is 2.34. The smallest absolute Gasteiger partial charge is 0.115 e. The van der Waals surface area contributed by atoms with Crippen molar-refractivity contribution in [3.8, 4) is 5.75 Å². The van der Waals surface area contributed by atoms with E-state index in [4.69, 9.17) is 10.2 Å². The zero-order valence-electron chi connectivity index (χ0n) is 8.48. The summed E-state index contributed by atoms with van der Waals surface area (Å²) in [6, 6.07) is 7.23. The summed E-state index contributed by atoms with van der Waals surface area (Å²) in [6.07, 6.45) is 0.941. The number of aliphatic hydroxyl groups is 1. The number of nitrogens with zero attached hydrogens (tertiary/aromatic N) is 1. The number of aliphatic hydroxyl groups excluding tert-OH is 1. The summed E-state index contributed by atoms with van der Waals surface area (Å²) in [4.78, 5) is 2.08. The zero-order chi connectivity index (χ0) is 10.4. The van der Waals surface area contributed by atoms with Crippen molar-refractivity contribution in [2.45, 2.75) is 6.42 Å². The van der Waals surface area contributed by atoms with Crippen LogP contribution >= 0.6 is 0 Å². The van der Waals surface area contributed by atoms with Crippen LogP contribution in [0, 0.1) is 0 Å². The molecular formula is C11H17NO2. The molecule has 1 aromatic carbocycles. The van der Waals surface area contributed by atoms with Crippen molar-refractivity contribution in [3.63, 3.8) is 0 Å². The molecule has 0 aliphatic carbocycles. The van der Waals surface area contributed by atoms with Crippen molar-refractivity contribution in [3.05, 3.63) is 29.8 Å². The van der Waals surface area contributed by atoms with Crippen LogP contribution in [0.3, 0.4) is 0 Å². The lowest BCUT2D eigenvalue weighted by molar-refractivity contribution is 0.223. The van der Waals surface area contributed by atoms with Crippen LogP contribution in [0.25, 0.3) is 0 Å². The summed E-state index contributed by atoms with van der Waals surface area (Å²) in [5, 5.41) is 17.8. The minimum Gasteiger partial charge on any atom is -0.508 e. The van der Waals surface area contributed by atoms with E-state index in [0.717, 1.165) is 13.0 Å². The molecule has 14 heavy (non-hydrogen) atoms. The Labute approximate surface area is 84.6 Å². The van der Waals surface area contributed by atoms with E-state index in [1.165, 1.54) is 5.56 Å². The first kappa shape index (κ1) is 11.0. The molecule has 0 bridgehead atoms. The Kier molecular flexibility index (Phi) is 4.43. The second-order valence-corrected chi connectivity index (χ2v) is 3.44. The molecule has 3 nitrogen and oxygen atoms in total. The van der Waals surface area contributed by atoms with Crippen LogP contribution in [0.15, 0.2) is 24.3 Å². The van der Waals surface area contributed by atoms with Crippen LogP contribution in [-0.2, 0) is 6.42 Å². The second kappa shape index (κ2) is 5.62. The molecule has 0 saturated heterocycles. The summed E-state index contributed by atoms with van der Waals surface area (Å²) < 4.78 is 0. The van der Waals surface area contributed by atoms with E-state index in [1.54, 1.807) is 12.1 Å². The summed E-state index contributed by atoms with van der Waals surface area (Å²) in [6.45, 7) is 1.83. The van der Waals surface area contributed by atoms with E-state index in [9.17, 15) is 0 Å². The van der Waals surface area contributed by atoms with Crippen molar-refractivity contribution in [2.24, 2.45) is 0 Å². The summed E-state index contributed by atoms with van der Waals surface area (Å²) >= 11 is 0. The van der Waals surface area contributed by atoms with Gasteiger partial charge in [-0.3, -0.25) is 0 Å². The van der Waals surface area contributed by atoms with E-state index >= 15 is 0 Å². The van der Waals surface area contributed by atoms with Gasteiger partial charge in [0.15, 0.2) is 0 Å². The Bertz CT molecular complexity index is 258. The van der Waals surface area contributed by atoms with E-state index in [2.05, 4.69) is 4.90 Å². The van der Waals surface area contributed by atoms with Gasteiger partial charge in [0.2, 0.25) is 0 Å². The first-order valence-corrected chi connectivity index (χ1v) is 4.79. The molecule has 0 spiro atoms. The van der Waals surface area contributed by atoms with Gasteiger partial charge in [0, 0.05) is 13.1 Å². The first-order chi connectivity index (χ1) is 6.72. The molecule has 0 unspecified atom stereocenters. The molecule has 0 radical (unpaired) electrons. The van der Waals surface area contributed by atoms with Crippen molar-refractivity contribution >= 4 is 0 Å². The van der Waals surface area contributed by atoms with Gasteiger partial charge in [-0.05, 0) is 31.2 Å². The van der Waals surface area contributed by atoms with E-state index in [1.807, 2.05) is 19.2 Å². The van der Waals surface area contributed by atoms with Crippen molar-refractivity contribution in [1.82, 2.24) is 4.90 Å². The Morgan fingerprint density at radius 1 is 1.14 bits per heavy atom. The minimum atomic E-state index is 0.200. The van der Waals surface area contributed by atoms with Gasteiger partial charge in [0.1, 0.15) is 5.75 Å². The highest BCUT2D eigenvalue weighted by molar-refractivity contribution is 5.25. The van der Waals surface area contributed by atoms with Gasteiger partial charge in [-0.25, -0.2) is 0 Å². The van der Waals surface area contributed by atoms with Gasteiger partial charge in [-0.15, -0.1) is 0 Å². The number of likely N-dealkylation sites (N-methyl/N-ethyl adjacent to an activating group) is 1. The standard InChI is InChI=1S/C11H17NO2/c1-12(8-9-13)7-6-10-2-4-11(14)5-3-10/h2-5,13-14H,6-9H2,1H3. The second-order valence-electron chi connectivity index (χ2n) is 3.44. The fourth-order valence-corrected chi connectivity index (χ4v) is 1.27. The van der Waals surface area contributed by atoms with Crippen molar-refractivity contribution in [1.29, 1.82) is 0 Å². The molecular weight excluding hydrogens is 178 g/mol. The third-order valence-corrected chi connectivity index (χ3v) is 2.20. The number of phenolic OH excluding ortho intramolecular Hbond substituents is 1. The summed E-state index contributed by atoms with van der Waals surface area (Å²) in [5.74, 6) is 0.303. The minimum absolute atomic E-state index is 0.200. The number of aromatic hydroxyl groups is 1. The molecule has 0 fully saturated rings. The molecule has 0 aliphatic rings. The monoisotopic (exact) mass is 195 g/mol. The molecule has 1 aromatic rings. The van der Waals surface area contributed by atoms with Gasteiger partial charge in [-0.2, -0.15) is 0 Å². The predicted octanol–water partition coefficient (Wildman–Crippen LogP) is 0.859. The Hall–Kier alpha value is -1.06. The number of benzene rings is 1. The van der Waals surface area contributed by atoms with Crippen LogP contribution in [-0.4, -0.2) is 41.9 Å². The molecule has 0 heterocycles. The van der Waals surface area contributed by atoms with Gasteiger partial charge < -0.3 is 15.1 Å². The number of hydrogen-bond donors (Lipinski definition) is 2. The fraction of sp³-hybridized carbons (Fsp3) is 0.455. The van der Waals surface area contributed by atoms with Crippen LogP contribution in [0.2, 0.25) is 0 Å². The van der Waals surface area contributed by atoms with Gasteiger partial charge in [0.25, 0.3) is 0 Å². The van der Waals surface area contributed by atoms with E-state index in [-0.39, 0.29) is 6.61 Å². The molecule has 2 N–H and O–H groups in total. The molecule has 78 valence electrons. The first-order valence-electron chi connectivity index (χ1n) is 4.79. The number of phenols is 1. The SMILES string of the molecule is CN(CCO)CCc1ccc(O)cc1. The average Bonchev–Trinajstić information content (AvgIpc) is 2.17. The maximum Gasteiger partial charge on any atom is 0.115 e. The third kappa shape index (κ3) is 3.77. The molecule has 0 saturated carbocycles. The Morgan fingerprint density at radius 3 is 2.36 bits per heavy atom. The summed E-state index contributed by atoms with van der Waals surface area (Å²) in [5.41, 5.74) is 1.20. The lowest BCUT2D eigenvalue weighted by Gasteiger charge is -2.14. The topological polar surface area (TPSA) is 43.7 Å². The number of rotatable bonds is 5. The molecule has 3 heteroatoms. The molecule has 0 aliphatic heterocycles. The maximum atomic E-state index is 9.07. The quantitative estimate of drug-likeness (QED) is 0.732. The molecule has 0 atom stereocenters. The average molecular weight is 195 g/mol. The lowest BCUT2D eigenvalue weighted by atomic mass is 10.1. The van der Waals surface area contributed by atoms with E-state index < -0.39 is 0 Å². The largest absolute Gasteiger partial charge is 0.508 e. The van der Waals surface area contributed by atoms with Gasteiger partial charge >= 0.3 is 0 Å². The normalized spacial score (nSPS) is 10.8. The van der Waals surface area contributed by atoms with Crippen LogP contribution < -0.4 is 0 Å².